The predicted molar refractivity (Wildman–Crippen MR) is 60.4 cm³/mol. The first-order chi connectivity index (χ1) is 6.97. The van der Waals surface area contributed by atoms with E-state index in [0.717, 1.165) is 5.52 Å². The van der Waals surface area contributed by atoms with E-state index < -0.39 is 0 Å². The Kier molecular flexibility index (Phi) is 2.93. The lowest BCUT2D eigenvalue weighted by molar-refractivity contribution is 1.42. The van der Waals surface area contributed by atoms with Crippen molar-refractivity contribution >= 4 is 21.6 Å². The highest BCUT2D eigenvalue weighted by Crippen LogP contribution is 2.15. The molecule has 0 atom stereocenters. The highest BCUT2D eigenvalue weighted by Gasteiger charge is 1.89. The summed E-state index contributed by atoms with van der Waals surface area (Å²) < 4.78 is 1.26. The number of benzene rings is 1. The molecule has 0 amide bonds. The minimum absolute atomic E-state index is 1.10. The van der Waals surface area contributed by atoms with E-state index in [1.807, 2.05) is 48.2 Å². The third-order valence-corrected chi connectivity index (χ3v) is 2.54. The Labute approximate surface area is 86.2 Å². The van der Waals surface area contributed by atoms with Crippen LogP contribution in [0, 0.1) is 0 Å². The van der Waals surface area contributed by atoms with Crippen molar-refractivity contribution in [3.8, 4) is 0 Å². The molecule has 0 unspecified atom stereocenters. The van der Waals surface area contributed by atoms with Gasteiger partial charge in [-0.05, 0) is 24.3 Å². The quantitative estimate of drug-likeness (QED) is 0.595. The van der Waals surface area contributed by atoms with Crippen LogP contribution in [0.15, 0.2) is 54.3 Å². The van der Waals surface area contributed by atoms with Crippen LogP contribution in [0.3, 0.4) is 0 Å². The number of nitrogens with zero attached hydrogens (tertiary/aromatic N) is 1. The predicted octanol–water partition coefficient (Wildman–Crippen LogP) is 3.31. The first-order valence-corrected chi connectivity index (χ1v) is 5.21. The average molecular weight is 202 g/mol. The van der Waals surface area contributed by atoms with Crippen molar-refractivity contribution in [1.29, 1.82) is 0 Å². The SMILES string of the molecule is c1cc[nH]c1.c1ccc2scnc2c1. The van der Waals surface area contributed by atoms with E-state index in [0.29, 0.717) is 0 Å². The molecule has 0 saturated heterocycles. The first-order valence-electron chi connectivity index (χ1n) is 4.33. The van der Waals surface area contributed by atoms with Gasteiger partial charge in [0.15, 0.2) is 0 Å². The van der Waals surface area contributed by atoms with Crippen LogP contribution in [0.4, 0.5) is 0 Å². The van der Waals surface area contributed by atoms with Crippen molar-refractivity contribution in [2.75, 3.05) is 0 Å². The minimum atomic E-state index is 1.10. The zero-order valence-corrected chi connectivity index (χ0v) is 8.37. The number of rotatable bonds is 0. The van der Waals surface area contributed by atoms with Gasteiger partial charge in [-0.2, -0.15) is 0 Å². The van der Waals surface area contributed by atoms with Crippen LogP contribution in [0.2, 0.25) is 0 Å². The summed E-state index contributed by atoms with van der Waals surface area (Å²) in [6.45, 7) is 0. The van der Waals surface area contributed by atoms with Gasteiger partial charge in [0.2, 0.25) is 0 Å². The average Bonchev–Trinajstić information content (AvgIpc) is 2.92. The molecule has 3 rings (SSSR count). The maximum atomic E-state index is 4.14. The number of fused-ring (bicyclic) bond motifs is 1. The van der Waals surface area contributed by atoms with Crippen molar-refractivity contribution in [3.05, 3.63) is 54.3 Å². The maximum Gasteiger partial charge on any atom is 0.0812 e. The molecule has 0 aliphatic heterocycles. The molecule has 1 N–H and O–H groups in total. The number of aromatic amines is 1. The molecular formula is C11H10N2S. The number of H-pyrrole nitrogens is 1. The van der Waals surface area contributed by atoms with Gasteiger partial charge in [0.25, 0.3) is 0 Å². The zero-order chi connectivity index (χ0) is 9.64. The smallest absolute Gasteiger partial charge is 0.0812 e. The standard InChI is InChI=1S/C7H5NS.C4H5N/c1-2-4-7-6(3-1)8-5-9-7;1-2-4-5-3-1/h1-5H;1-5H. The Bertz CT molecular complexity index is 423. The molecule has 0 aliphatic rings. The van der Waals surface area contributed by atoms with E-state index in [1.165, 1.54) is 4.70 Å². The number of hydrogen-bond donors (Lipinski definition) is 1. The van der Waals surface area contributed by atoms with Crippen molar-refractivity contribution in [2.24, 2.45) is 0 Å². The summed E-state index contributed by atoms with van der Waals surface area (Å²) in [5.41, 5.74) is 2.97. The Hall–Kier alpha value is -1.61. The second kappa shape index (κ2) is 4.58. The molecule has 0 saturated carbocycles. The lowest BCUT2D eigenvalue weighted by Gasteiger charge is -1.80. The Morgan fingerprint density at radius 1 is 1.00 bits per heavy atom. The lowest BCUT2D eigenvalue weighted by Crippen LogP contribution is -1.61. The second-order valence-electron chi connectivity index (χ2n) is 2.70. The van der Waals surface area contributed by atoms with Crippen molar-refractivity contribution in [2.45, 2.75) is 0 Å². The summed E-state index contributed by atoms with van der Waals surface area (Å²) in [5, 5.41) is 0. The van der Waals surface area contributed by atoms with Gasteiger partial charge >= 0.3 is 0 Å². The van der Waals surface area contributed by atoms with Gasteiger partial charge in [-0.15, -0.1) is 11.3 Å². The van der Waals surface area contributed by atoms with E-state index in [9.17, 15) is 0 Å². The summed E-state index contributed by atoms with van der Waals surface area (Å²) >= 11 is 1.68. The van der Waals surface area contributed by atoms with Crippen molar-refractivity contribution in [1.82, 2.24) is 9.97 Å². The minimum Gasteiger partial charge on any atom is -0.368 e. The summed E-state index contributed by atoms with van der Waals surface area (Å²) in [7, 11) is 0. The number of nitrogens with one attached hydrogen (secondary N) is 1. The van der Waals surface area contributed by atoms with E-state index in [4.69, 9.17) is 0 Å². The Morgan fingerprint density at radius 3 is 2.43 bits per heavy atom. The fourth-order valence-electron chi connectivity index (χ4n) is 1.08. The lowest BCUT2D eigenvalue weighted by atomic mass is 10.3. The van der Waals surface area contributed by atoms with Crippen LogP contribution in [0.25, 0.3) is 10.2 Å². The van der Waals surface area contributed by atoms with Gasteiger partial charge in [0.05, 0.1) is 15.7 Å². The molecular weight excluding hydrogens is 192 g/mol. The van der Waals surface area contributed by atoms with Gasteiger partial charge in [-0.25, -0.2) is 4.98 Å². The molecule has 0 fully saturated rings. The topological polar surface area (TPSA) is 28.7 Å². The van der Waals surface area contributed by atoms with E-state index in [1.54, 1.807) is 11.3 Å². The van der Waals surface area contributed by atoms with Crippen LogP contribution >= 0.6 is 11.3 Å². The molecule has 70 valence electrons. The maximum absolute atomic E-state index is 4.14. The van der Waals surface area contributed by atoms with Crippen molar-refractivity contribution < 1.29 is 0 Å². The van der Waals surface area contributed by atoms with Crippen molar-refractivity contribution in [3.63, 3.8) is 0 Å². The number of hydrogen-bond acceptors (Lipinski definition) is 2. The van der Waals surface area contributed by atoms with Crippen LogP contribution in [0.1, 0.15) is 0 Å². The van der Waals surface area contributed by atoms with Gasteiger partial charge < -0.3 is 4.98 Å². The number of aromatic nitrogens is 2. The molecule has 1 aromatic carbocycles. The Morgan fingerprint density at radius 2 is 1.79 bits per heavy atom. The van der Waals surface area contributed by atoms with E-state index in [-0.39, 0.29) is 0 Å². The molecule has 0 aliphatic carbocycles. The molecule has 0 spiro atoms. The van der Waals surface area contributed by atoms with Crippen LogP contribution in [-0.2, 0) is 0 Å². The third-order valence-electron chi connectivity index (χ3n) is 1.73. The largest absolute Gasteiger partial charge is 0.368 e. The highest BCUT2D eigenvalue weighted by molar-refractivity contribution is 7.16. The molecule has 3 aromatic rings. The third kappa shape index (κ3) is 2.20. The fourth-order valence-corrected chi connectivity index (χ4v) is 1.76. The monoisotopic (exact) mass is 202 g/mol. The number of thiazole rings is 1. The molecule has 14 heavy (non-hydrogen) atoms. The summed E-state index contributed by atoms with van der Waals surface area (Å²) in [6.07, 6.45) is 3.75. The molecule has 2 aromatic heterocycles. The van der Waals surface area contributed by atoms with Crippen LogP contribution in [0.5, 0.6) is 0 Å². The van der Waals surface area contributed by atoms with Gasteiger partial charge in [-0.3, -0.25) is 0 Å². The summed E-state index contributed by atoms with van der Waals surface area (Å²) in [4.78, 5) is 7.00. The Balaban J connectivity index is 0.000000128. The summed E-state index contributed by atoms with van der Waals surface area (Å²) in [5.74, 6) is 0. The van der Waals surface area contributed by atoms with Gasteiger partial charge in [-0.1, -0.05) is 12.1 Å². The van der Waals surface area contributed by atoms with Gasteiger partial charge in [0.1, 0.15) is 0 Å². The highest BCUT2D eigenvalue weighted by atomic mass is 32.1. The fraction of sp³-hybridized carbons (Fsp3) is 0. The molecule has 3 heteroatoms. The summed E-state index contributed by atoms with van der Waals surface area (Å²) in [6, 6.07) is 12.0. The number of para-hydroxylation sites is 1. The zero-order valence-electron chi connectivity index (χ0n) is 7.55. The van der Waals surface area contributed by atoms with E-state index >= 15 is 0 Å². The van der Waals surface area contributed by atoms with Crippen LogP contribution < -0.4 is 0 Å². The van der Waals surface area contributed by atoms with Gasteiger partial charge in [0, 0.05) is 12.4 Å². The second-order valence-corrected chi connectivity index (χ2v) is 3.59. The van der Waals surface area contributed by atoms with Crippen LogP contribution in [-0.4, -0.2) is 9.97 Å². The molecule has 2 nitrogen and oxygen atoms in total. The first kappa shape index (κ1) is 8.97. The molecule has 0 radical (unpaired) electrons. The van der Waals surface area contributed by atoms with E-state index in [2.05, 4.69) is 16.0 Å². The normalized spacial score (nSPS) is 9.43. The molecule has 2 heterocycles. The molecule has 0 bridgehead atoms.